The summed E-state index contributed by atoms with van der Waals surface area (Å²) in [7, 11) is -0.466. The van der Waals surface area contributed by atoms with E-state index in [0.717, 1.165) is 30.0 Å². The lowest BCUT2D eigenvalue weighted by Gasteiger charge is -2.20. The molecule has 7 heteroatoms. The second kappa shape index (κ2) is 7.06. The number of nitrogens with zero attached hydrogens (tertiary/aromatic N) is 1. The van der Waals surface area contributed by atoms with Gasteiger partial charge in [-0.3, -0.25) is 4.79 Å². The van der Waals surface area contributed by atoms with Gasteiger partial charge in [0.1, 0.15) is 0 Å². The molecule has 1 aliphatic carbocycles. The van der Waals surface area contributed by atoms with E-state index in [4.69, 9.17) is 0 Å². The Kier molecular flexibility index (Phi) is 6.04. The quantitative estimate of drug-likeness (QED) is 0.675. The van der Waals surface area contributed by atoms with Crippen LogP contribution in [0.15, 0.2) is 0 Å². The Bertz CT molecular complexity index is 362. The van der Waals surface area contributed by atoms with Gasteiger partial charge >= 0.3 is 0 Å². The average molecular weight is 277 g/mol. The van der Waals surface area contributed by atoms with Crippen LogP contribution in [0.5, 0.6) is 0 Å². The summed E-state index contributed by atoms with van der Waals surface area (Å²) in [4.78, 5) is 11.8. The Morgan fingerprint density at radius 3 is 2.33 bits per heavy atom. The first-order valence-corrected chi connectivity index (χ1v) is 7.82. The first-order chi connectivity index (χ1) is 8.43. The van der Waals surface area contributed by atoms with Gasteiger partial charge in [-0.05, 0) is 12.8 Å². The second-order valence-corrected chi connectivity index (χ2v) is 6.78. The minimum Gasteiger partial charge on any atom is -0.355 e. The molecule has 0 heterocycles. The standard InChI is InChI=1S/C11H23N3O3S/c1-14(2)18(16,17)13-9-8-12-11(15)10-6-4-3-5-7-10/h10,13H,3-9H2,1-2H3,(H,12,15). The van der Waals surface area contributed by atoms with Crippen molar-refractivity contribution < 1.29 is 13.2 Å². The molecule has 0 aromatic carbocycles. The Morgan fingerprint density at radius 1 is 1.17 bits per heavy atom. The van der Waals surface area contributed by atoms with Crippen LogP contribution in [-0.4, -0.2) is 45.8 Å². The van der Waals surface area contributed by atoms with Gasteiger partial charge in [-0.1, -0.05) is 19.3 Å². The topological polar surface area (TPSA) is 78.5 Å². The van der Waals surface area contributed by atoms with Gasteiger partial charge in [0.25, 0.3) is 10.2 Å². The SMILES string of the molecule is CN(C)S(=O)(=O)NCCNC(=O)C1CCCCC1. The van der Waals surface area contributed by atoms with Crippen LogP contribution in [0.1, 0.15) is 32.1 Å². The average Bonchev–Trinajstić information content (AvgIpc) is 2.35. The number of hydrogen-bond donors (Lipinski definition) is 2. The Balaban J connectivity index is 2.19. The lowest BCUT2D eigenvalue weighted by molar-refractivity contribution is -0.125. The van der Waals surface area contributed by atoms with Crippen molar-refractivity contribution in [2.45, 2.75) is 32.1 Å². The summed E-state index contributed by atoms with van der Waals surface area (Å²) in [5, 5.41) is 2.78. The molecule has 0 aromatic heterocycles. The molecule has 0 saturated heterocycles. The summed E-state index contributed by atoms with van der Waals surface area (Å²) in [6, 6.07) is 0. The third kappa shape index (κ3) is 4.91. The van der Waals surface area contributed by atoms with Gasteiger partial charge in [-0.15, -0.1) is 0 Å². The lowest BCUT2D eigenvalue weighted by atomic mass is 9.89. The third-order valence-corrected chi connectivity index (χ3v) is 4.70. The number of carbonyl (C=O) groups is 1. The van der Waals surface area contributed by atoms with Crippen molar-refractivity contribution in [1.29, 1.82) is 0 Å². The fourth-order valence-corrected chi connectivity index (χ4v) is 2.62. The number of hydrogen-bond acceptors (Lipinski definition) is 3. The predicted octanol–water partition coefficient (Wildman–Crippen LogP) is 0.0789. The number of carbonyl (C=O) groups excluding carboxylic acids is 1. The first kappa shape index (κ1) is 15.4. The highest BCUT2D eigenvalue weighted by molar-refractivity contribution is 7.87. The highest BCUT2D eigenvalue weighted by atomic mass is 32.2. The second-order valence-electron chi connectivity index (χ2n) is 4.81. The molecule has 1 amide bonds. The van der Waals surface area contributed by atoms with E-state index in [-0.39, 0.29) is 18.4 Å². The van der Waals surface area contributed by atoms with Crippen LogP contribution in [0.3, 0.4) is 0 Å². The molecule has 6 nitrogen and oxygen atoms in total. The van der Waals surface area contributed by atoms with E-state index in [1.165, 1.54) is 20.5 Å². The molecule has 1 saturated carbocycles. The van der Waals surface area contributed by atoms with E-state index in [9.17, 15) is 13.2 Å². The van der Waals surface area contributed by atoms with Gasteiger partial charge in [-0.25, -0.2) is 4.72 Å². The molecular weight excluding hydrogens is 254 g/mol. The van der Waals surface area contributed by atoms with Crippen LogP contribution < -0.4 is 10.0 Å². The van der Waals surface area contributed by atoms with Gasteiger partial charge < -0.3 is 5.32 Å². The molecule has 0 bridgehead atoms. The van der Waals surface area contributed by atoms with Gasteiger partial charge in [-0.2, -0.15) is 12.7 Å². The predicted molar refractivity (Wildman–Crippen MR) is 70.2 cm³/mol. The maximum Gasteiger partial charge on any atom is 0.278 e. The zero-order chi connectivity index (χ0) is 13.6. The van der Waals surface area contributed by atoms with Crippen molar-refractivity contribution in [3.8, 4) is 0 Å². The number of nitrogens with one attached hydrogen (secondary N) is 2. The van der Waals surface area contributed by atoms with E-state index in [1.807, 2.05) is 0 Å². The summed E-state index contributed by atoms with van der Waals surface area (Å²) in [5.41, 5.74) is 0. The van der Waals surface area contributed by atoms with Crippen molar-refractivity contribution in [3.63, 3.8) is 0 Å². The zero-order valence-corrected chi connectivity index (χ0v) is 11.9. The van der Waals surface area contributed by atoms with Crippen molar-refractivity contribution in [2.75, 3.05) is 27.2 Å². The Hall–Kier alpha value is -0.660. The van der Waals surface area contributed by atoms with Crippen molar-refractivity contribution >= 4 is 16.1 Å². The van der Waals surface area contributed by atoms with Crippen LogP contribution >= 0.6 is 0 Å². The van der Waals surface area contributed by atoms with Gasteiger partial charge in [0.15, 0.2) is 0 Å². The largest absolute Gasteiger partial charge is 0.355 e. The van der Waals surface area contributed by atoms with Crippen molar-refractivity contribution in [3.05, 3.63) is 0 Å². The van der Waals surface area contributed by atoms with Crippen molar-refractivity contribution in [1.82, 2.24) is 14.3 Å². The number of rotatable bonds is 6. The molecule has 0 unspecified atom stereocenters. The summed E-state index contributed by atoms with van der Waals surface area (Å²) < 4.78 is 26.3. The summed E-state index contributed by atoms with van der Waals surface area (Å²) in [6.07, 6.45) is 5.35. The molecule has 2 N–H and O–H groups in total. The minimum absolute atomic E-state index is 0.0544. The van der Waals surface area contributed by atoms with Crippen LogP contribution in [0.25, 0.3) is 0 Å². The third-order valence-electron chi connectivity index (χ3n) is 3.17. The van der Waals surface area contributed by atoms with E-state index >= 15 is 0 Å². The molecule has 1 aliphatic rings. The van der Waals surface area contributed by atoms with Crippen LogP contribution in [0.2, 0.25) is 0 Å². The molecule has 0 aromatic rings. The maximum atomic E-state index is 11.8. The Labute approximate surface area is 109 Å². The maximum absolute atomic E-state index is 11.8. The van der Waals surface area contributed by atoms with Crippen LogP contribution in [0.4, 0.5) is 0 Å². The van der Waals surface area contributed by atoms with Gasteiger partial charge in [0, 0.05) is 33.1 Å². The van der Waals surface area contributed by atoms with E-state index in [1.54, 1.807) is 0 Å². The van der Waals surface area contributed by atoms with E-state index in [2.05, 4.69) is 10.0 Å². The zero-order valence-electron chi connectivity index (χ0n) is 11.1. The fraction of sp³-hybridized carbons (Fsp3) is 0.909. The van der Waals surface area contributed by atoms with Crippen LogP contribution in [0, 0.1) is 5.92 Å². The molecule has 18 heavy (non-hydrogen) atoms. The van der Waals surface area contributed by atoms with Crippen molar-refractivity contribution in [2.24, 2.45) is 5.92 Å². The summed E-state index contributed by atoms with van der Waals surface area (Å²) >= 11 is 0. The van der Waals surface area contributed by atoms with Gasteiger partial charge in [0.05, 0.1) is 0 Å². The molecule has 0 radical (unpaired) electrons. The molecule has 0 spiro atoms. The lowest BCUT2D eigenvalue weighted by Crippen LogP contribution is -2.41. The molecule has 0 atom stereocenters. The van der Waals surface area contributed by atoms with Gasteiger partial charge in [0.2, 0.25) is 5.91 Å². The molecule has 1 rings (SSSR count). The minimum atomic E-state index is -3.39. The normalized spacial score (nSPS) is 17.9. The number of amides is 1. The summed E-state index contributed by atoms with van der Waals surface area (Å²) in [5.74, 6) is 0.169. The molecule has 106 valence electrons. The molecule has 1 fully saturated rings. The highest BCUT2D eigenvalue weighted by Crippen LogP contribution is 2.23. The fourth-order valence-electron chi connectivity index (χ4n) is 2.00. The highest BCUT2D eigenvalue weighted by Gasteiger charge is 2.20. The Morgan fingerprint density at radius 2 is 1.78 bits per heavy atom. The monoisotopic (exact) mass is 277 g/mol. The smallest absolute Gasteiger partial charge is 0.278 e. The molecule has 0 aliphatic heterocycles. The molecular formula is C11H23N3O3S. The van der Waals surface area contributed by atoms with E-state index in [0.29, 0.717) is 6.54 Å². The first-order valence-electron chi connectivity index (χ1n) is 6.38. The van der Waals surface area contributed by atoms with Crippen LogP contribution in [-0.2, 0) is 15.0 Å². The summed E-state index contributed by atoms with van der Waals surface area (Å²) in [6.45, 7) is 0.557. The van der Waals surface area contributed by atoms with E-state index < -0.39 is 10.2 Å².